The second-order valence-electron chi connectivity index (χ2n) is 7.58. The summed E-state index contributed by atoms with van der Waals surface area (Å²) in [6, 6.07) is 22.3. The summed E-state index contributed by atoms with van der Waals surface area (Å²) >= 11 is 0. The Bertz CT molecular complexity index is 1130. The minimum absolute atomic E-state index is 0.0475. The third-order valence-corrected chi connectivity index (χ3v) is 6.55. The van der Waals surface area contributed by atoms with Gasteiger partial charge in [0.15, 0.2) is 0 Å². The van der Waals surface area contributed by atoms with Crippen molar-refractivity contribution < 1.29 is 17.9 Å². The summed E-state index contributed by atoms with van der Waals surface area (Å²) in [7, 11) is -3.93. The first kappa shape index (κ1) is 23.3. The minimum atomic E-state index is -3.93. The lowest BCUT2D eigenvalue weighted by molar-refractivity contribution is -0.114. The molecule has 0 spiro atoms. The summed E-state index contributed by atoms with van der Waals surface area (Å²) in [5.41, 5.74) is 2.07. The number of nitrogens with zero attached hydrogens (tertiary/aromatic N) is 1. The number of rotatable bonds is 9. The van der Waals surface area contributed by atoms with Gasteiger partial charge in [-0.2, -0.15) is 0 Å². The molecule has 0 aliphatic carbocycles. The Hall–Kier alpha value is -3.32. The van der Waals surface area contributed by atoms with E-state index < -0.39 is 15.9 Å². The summed E-state index contributed by atoms with van der Waals surface area (Å²) in [4.78, 5) is 12.9. The van der Waals surface area contributed by atoms with E-state index in [0.29, 0.717) is 17.1 Å². The Morgan fingerprint density at radius 3 is 2.12 bits per heavy atom. The number of amides is 1. The number of aryl methyl sites for hydroxylation is 1. The monoisotopic (exact) mass is 452 g/mol. The number of benzene rings is 3. The van der Waals surface area contributed by atoms with Crippen LogP contribution in [0, 0.1) is 0 Å². The molecule has 0 aromatic heterocycles. The number of carbonyl (C=O) groups excluding carboxylic acids is 1. The van der Waals surface area contributed by atoms with E-state index in [1.165, 1.54) is 12.1 Å². The van der Waals surface area contributed by atoms with Crippen LogP contribution < -0.4 is 14.4 Å². The first-order valence-corrected chi connectivity index (χ1v) is 12.0. The molecule has 168 valence electrons. The van der Waals surface area contributed by atoms with E-state index in [1.54, 1.807) is 54.6 Å². The maximum Gasteiger partial charge on any atom is 0.264 e. The second kappa shape index (κ2) is 10.3. The average molecular weight is 453 g/mol. The third-order valence-electron chi connectivity index (χ3n) is 4.76. The van der Waals surface area contributed by atoms with Crippen LogP contribution in [0.4, 0.5) is 11.4 Å². The van der Waals surface area contributed by atoms with Gasteiger partial charge in [0.25, 0.3) is 10.0 Å². The Morgan fingerprint density at radius 2 is 1.56 bits per heavy atom. The van der Waals surface area contributed by atoms with E-state index in [1.807, 2.05) is 32.9 Å². The number of sulfonamides is 1. The SMILES string of the molecule is CCc1ccc(N(CC(=O)Nc2ccc(OC(C)C)cc2)S(=O)(=O)c2ccccc2)cc1. The number of carbonyl (C=O) groups is 1. The van der Waals surface area contributed by atoms with Crippen LogP contribution >= 0.6 is 0 Å². The van der Waals surface area contributed by atoms with Gasteiger partial charge in [0.2, 0.25) is 5.91 Å². The Kier molecular flexibility index (Phi) is 7.53. The van der Waals surface area contributed by atoms with E-state index in [2.05, 4.69) is 5.32 Å². The molecule has 0 heterocycles. The van der Waals surface area contributed by atoms with Crippen LogP contribution in [0.5, 0.6) is 5.75 Å². The van der Waals surface area contributed by atoms with E-state index >= 15 is 0 Å². The topological polar surface area (TPSA) is 75.7 Å². The quantitative estimate of drug-likeness (QED) is 0.503. The second-order valence-corrected chi connectivity index (χ2v) is 9.45. The highest BCUT2D eigenvalue weighted by molar-refractivity contribution is 7.92. The Labute approximate surface area is 189 Å². The first-order valence-electron chi connectivity index (χ1n) is 10.5. The molecule has 7 heteroatoms. The molecule has 0 fully saturated rings. The van der Waals surface area contributed by atoms with Gasteiger partial charge in [-0.1, -0.05) is 37.3 Å². The molecule has 3 rings (SSSR count). The van der Waals surface area contributed by atoms with Crippen molar-refractivity contribution in [3.8, 4) is 5.75 Å². The molecule has 32 heavy (non-hydrogen) atoms. The zero-order chi connectivity index (χ0) is 23.1. The molecule has 3 aromatic rings. The van der Waals surface area contributed by atoms with Gasteiger partial charge in [0.05, 0.1) is 16.7 Å². The summed E-state index contributed by atoms with van der Waals surface area (Å²) in [5.74, 6) is 0.254. The van der Waals surface area contributed by atoms with Gasteiger partial charge in [-0.05, 0) is 74.4 Å². The summed E-state index contributed by atoms with van der Waals surface area (Å²) < 4.78 is 33.4. The van der Waals surface area contributed by atoms with Crippen LogP contribution in [0.2, 0.25) is 0 Å². The van der Waals surface area contributed by atoms with Crippen molar-refractivity contribution in [2.45, 2.75) is 38.2 Å². The minimum Gasteiger partial charge on any atom is -0.491 e. The van der Waals surface area contributed by atoms with Crippen molar-refractivity contribution in [1.29, 1.82) is 0 Å². The third kappa shape index (κ3) is 5.88. The van der Waals surface area contributed by atoms with Crippen molar-refractivity contribution in [1.82, 2.24) is 0 Å². The molecule has 0 unspecified atom stereocenters. The van der Waals surface area contributed by atoms with Crippen molar-refractivity contribution in [2.75, 3.05) is 16.2 Å². The predicted octanol–water partition coefficient (Wildman–Crippen LogP) is 4.87. The molecular formula is C25H28N2O4S. The lowest BCUT2D eigenvalue weighted by Crippen LogP contribution is -2.38. The normalized spacial score (nSPS) is 11.2. The van der Waals surface area contributed by atoms with E-state index in [9.17, 15) is 13.2 Å². The molecular weight excluding hydrogens is 424 g/mol. The summed E-state index contributed by atoms with van der Waals surface area (Å²) in [5, 5.41) is 2.77. The van der Waals surface area contributed by atoms with Crippen molar-refractivity contribution >= 4 is 27.3 Å². The van der Waals surface area contributed by atoms with Crippen LogP contribution in [0.1, 0.15) is 26.3 Å². The molecule has 0 aliphatic rings. The van der Waals surface area contributed by atoms with Gasteiger partial charge < -0.3 is 10.1 Å². The summed E-state index contributed by atoms with van der Waals surface area (Å²) in [6.07, 6.45) is 0.884. The van der Waals surface area contributed by atoms with Crippen molar-refractivity contribution in [3.05, 3.63) is 84.4 Å². The van der Waals surface area contributed by atoms with Crippen LogP contribution in [0.15, 0.2) is 83.8 Å². The van der Waals surface area contributed by atoms with Gasteiger partial charge in [0.1, 0.15) is 12.3 Å². The fraction of sp³-hybridized carbons (Fsp3) is 0.240. The van der Waals surface area contributed by atoms with E-state index in [4.69, 9.17) is 4.74 Å². The molecule has 0 atom stereocenters. The van der Waals surface area contributed by atoms with Crippen LogP contribution in [-0.2, 0) is 21.2 Å². The maximum atomic E-state index is 13.4. The molecule has 0 aliphatic heterocycles. The fourth-order valence-electron chi connectivity index (χ4n) is 3.15. The van der Waals surface area contributed by atoms with Gasteiger partial charge in [-0.15, -0.1) is 0 Å². The van der Waals surface area contributed by atoms with Crippen LogP contribution in [-0.4, -0.2) is 27.0 Å². The average Bonchev–Trinajstić information content (AvgIpc) is 2.79. The number of ether oxygens (including phenoxy) is 1. The fourth-order valence-corrected chi connectivity index (χ4v) is 4.59. The zero-order valence-corrected chi connectivity index (χ0v) is 19.3. The van der Waals surface area contributed by atoms with Gasteiger partial charge in [-0.3, -0.25) is 9.10 Å². The van der Waals surface area contributed by atoms with Crippen molar-refractivity contribution in [3.63, 3.8) is 0 Å². The molecule has 0 radical (unpaired) electrons. The summed E-state index contributed by atoms with van der Waals surface area (Å²) in [6.45, 7) is 5.54. The van der Waals surface area contributed by atoms with E-state index in [-0.39, 0.29) is 17.5 Å². The Balaban J connectivity index is 1.84. The first-order chi connectivity index (χ1) is 15.3. The zero-order valence-electron chi connectivity index (χ0n) is 18.5. The molecule has 0 bridgehead atoms. The predicted molar refractivity (Wildman–Crippen MR) is 128 cm³/mol. The molecule has 1 amide bonds. The lowest BCUT2D eigenvalue weighted by atomic mass is 10.1. The highest BCUT2D eigenvalue weighted by Crippen LogP contribution is 2.24. The van der Waals surface area contributed by atoms with E-state index in [0.717, 1.165) is 16.3 Å². The highest BCUT2D eigenvalue weighted by atomic mass is 32.2. The standard InChI is InChI=1S/C25H28N2O4S/c1-4-20-10-14-22(15-11-20)27(32(29,30)24-8-6-5-7-9-24)18-25(28)26-21-12-16-23(17-13-21)31-19(2)3/h5-17,19H,4,18H2,1-3H3,(H,26,28). The Morgan fingerprint density at radius 1 is 0.938 bits per heavy atom. The molecule has 0 saturated heterocycles. The van der Waals surface area contributed by atoms with Gasteiger partial charge in [0, 0.05) is 5.69 Å². The molecule has 6 nitrogen and oxygen atoms in total. The molecule has 0 saturated carbocycles. The number of hydrogen-bond acceptors (Lipinski definition) is 4. The van der Waals surface area contributed by atoms with Gasteiger partial charge in [-0.25, -0.2) is 8.42 Å². The smallest absolute Gasteiger partial charge is 0.264 e. The van der Waals surface area contributed by atoms with Crippen molar-refractivity contribution in [2.24, 2.45) is 0 Å². The lowest BCUT2D eigenvalue weighted by Gasteiger charge is -2.24. The molecule has 1 N–H and O–H groups in total. The van der Waals surface area contributed by atoms with Crippen LogP contribution in [0.3, 0.4) is 0 Å². The number of hydrogen-bond donors (Lipinski definition) is 1. The number of anilines is 2. The molecule has 3 aromatic carbocycles. The highest BCUT2D eigenvalue weighted by Gasteiger charge is 2.27. The van der Waals surface area contributed by atoms with Gasteiger partial charge >= 0.3 is 0 Å². The maximum absolute atomic E-state index is 13.4. The largest absolute Gasteiger partial charge is 0.491 e. The number of nitrogens with one attached hydrogen (secondary N) is 1. The van der Waals surface area contributed by atoms with Crippen LogP contribution in [0.25, 0.3) is 0 Å².